The second-order valence-electron chi connectivity index (χ2n) is 7.31. The Morgan fingerprint density at radius 2 is 1.86 bits per heavy atom. The van der Waals surface area contributed by atoms with Crippen LogP contribution in [0, 0.1) is 6.92 Å². The number of nitrogens with zero attached hydrogens (tertiary/aromatic N) is 1. The van der Waals surface area contributed by atoms with Crippen molar-refractivity contribution in [1.82, 2.24) is 10.4 Å². The molecule has 0 saturated carbocycles. The van der Waals surface area contributed by atoms with Crippen LogP contribution in [0.1, 0.15) is 24.0 Å². The highest BCUT2D eigenvalue weighted by Gasteiger charge is 2.39. The summed E-state index contributed by atoms with van der Waals surface area (Å²) in [6.07, 6.45) is 3.98. The molecule has 2 heterocycles. The molecule has 4 rings (SSSR count). The van der Waals surface area contributed by atoms with E-state index in [-0.39, 0.29) is 5.60 Å². The van der Waals surface area contributed by atoms with Crippen molar-refractivity contribution in [3.8, 4) is 5.75 Å². The predicted octanol–water partition coefficient (Wildman–Crippen LogP) is 4.11. The summed E-state index contributed by atoms with van der Waals surface area (Å²) in [4.78, 5) is 8.20. The van der Waals surface area contributed by atoms with E-state index in [9.17, 15) is 0 Å². The lowest BCUT2D eigenvalue weighted by molar-refractivity contribution is -0.0615. The molecule has 6 heteroatoms. The SMILES string of the molecule is COc1ccccc1NC(=S)N1CCC2(C=C(c3ccc(C)cc3)NO2)CC1. The van der Waals surface area contributed by atoms with E-state index >= 15 is 0 Å². The number of thiocarbonyl (C=S) groups is 1. The summed E-state index contributed by atoms with van der Waals surface area (Å²) >= 11 is 5.63. The molecular formula is C22H25N3O2S. The lowest BCUT2D eigenvalue weighted by Gasteiger charge is -2.38. The van der Waals surface area contributed by atoms with Gasteiger partial charge >= 0.3 is 0 Å². The maximum absolute atomic E-state index is 6.01. The fraction of sp³-hybridized carbons (Fsp3) is 0.318. The van der Waals surface area contributed by atoms with Crippen molar-refractivity contribution >= 4 is 28.7 Å². The number of piperidine rings is 1. The molecule has 0 atom stereocenters. The van der Waals surface area contributed by atoms with E-state index in [1.54, 1.807) is 7.11 Å². The zero-order chi connectivity index (χ0) is 19.6. The first-order valence-electron chi connectivity index (χ1n) is 9.51. The average Bonchev–Trinajstić information content (AvgIpc) is 3.13. The molecule has 1 spiro atoms. The van der Waals surface area contributed by atoms with E-state index in [1.807, 2.05) is 24.3 Å². The second kappa shape index (κ2) is 7.81. The van der Waals surface area contributed by atoms with Gasteiger partial charge < -0.3 is 15.0 Å². The standard InChI is InChI=1S/C22H25N3O2S/c1-16-7-9-17(10-8-16)19-15-22(27-24-19)11-13-25(14-12-22)21(28)23-18-5-3-4-6-20(18)26-2/h3-10,15,24H,11-14H2,1-2H3,(H,23,28). The third-order valence-corrected chi connectivity index (χ3v) is 5.74. The molecule has 2 aromatic carbocycles. The minimum absolute atomic E-state index is 0.267. The molecule has 5 nitrogen and oxygen atoms in total. The van der Waals surface area contributed by atoms with Gasteiger partial charge in [0, 0.05) is 25.9 Å². The normalized spacial score (nSPS) is 17.8. The summed E-state index contributed by atoms with van der Waals surface area (Å²) in [5.41, 5.74) is 7.20. The van der Waals surface area contributed by atoms with Crippen LogP contribution in [0.25, 0.3) is 5.70 Å². The first-order chi connectivity index (χ1) is 13.6. The summed E-state index contributed by atoms with van der Waals surface area (Å²) in [6, 6.07) is 16.3. The summed E-state index contributed by atoms with van der Waals surface area (Å²) in [5, 5.41) is 4.03. The third-order valence-electron chi connectivity index (χ3n) is 5.38. The number of hydrogen-bond donors (Lipinski definition) is 2. The molecule has 28 heavy (non-hydrogen) atoms. The van der Waals surface area contributed by atoms with Gasteiger partial charge in [0.25, 0.3) is 0 Å². The van der Waals surface area contributed by atoms with Crippen molar-refractivity contribution in [3.05, 3.63) is 65.7 Å². The van der Waals surface area contributed by atoms with Gasteiger partial charge in [-0.05, 0) is 42.9 Å². The van der Waals surface area contributed by atoms with Crippen LogP contribution in [0.5, 0.6) is 5.75 Å². The van der Waals surface area contributed by atoms with Gasteiger partial charge in [0.1, 0.15) is 11.4 Å². The molecule has 2 aliphatic rings. The Balaban J connectivity index is 1.39. The zero-order valence-corrected chi connectivity index (χ0v) is 17.0. The third kappa shape index (κ3) is 3.84. The predicted molar refractivity (Wildman–Crippen MR) is 116 cm³/mol. The van der Waals surface area contributed by atoms with Crippen molar-refractivity contribution in [2.45, 2.75) is 25.4 Å². The molecule has 0 aromatic heterocycles. The van der Waals surface area contributed by atoms with E-state index in [1.165, 1.54) is 5.56 Å². The van der Waals surface area contributed by atoms with Crippen molar-refractivity contribution in [3.63, 3.8) is 0 Å². The lowest BCUT2D eigenvalue weighted by Crippen LogP contribution is -2.48. The monoisotopic (exact) mass is 395 g/mol. The smallest absolute Gasteiger partial charge is 0.173 e. The number of ether oxygens (including phenoxy) is 1. The molecule has 0 unspecified atom stereocenters. The van der Waals surface area contributed by atoms with E-state index < -0.39 is 0 Å². The van der Waals surface area contributed by atoms with Gasteiger partial charge in [0.05, 0.1) is 18.5 Å². The number of likely N-dealkylation sites (tertiary alicyclic amines) is 1. The van der Waals surface area contributed by atoms with Crippen LogP contribution < -0.4 is 15.5 Å². The van der Waals surface area contributed by atoms with E-state index in [0.717, 1.165) is 48.6 Å². The van der Waals surface area contributed by atoms with Gasteiger partial charge in [-0.1, -0.05) is 42.0 Å². The number of nitrogens with one attached hydrogen (secondary N) is 2. The number of benzene rings is 2. The topological polar surface area (TPSA) is 45.8 Å². The van der Waals surface area contributed by atoms with Gasteiger partial charge in [-0.2, -0.15) is 0 Å². The molecular weight excluding hydrogens is 370 g/mol. The van der Waals surface area contributed by atoms with Crippen molar-refractivity contribution in [2.75, 3.05) is 25.5 Å². The molecule has 2 aromatic rings. The minimum Gasteiger partial charge on any atom is -0.495 e. The van der Waals surface area contributed by atoms with Crippen LogP contribution in [0.2, 0.25) is 0 Å². The van der Waals surface area contributed by atoms with E-state index in [2.05, 4.69) is 53.0 Å². The average molecular weight is 396 g/mol. The summed E-state index contributed by atoms with van der Waals surface area (Å²) < 4.78 is 5.39. The number of para-hydroxylation sites is 2. The van der Waals surface area contributed by atoms with Crippen LogP contribution in [0.4, 0.5) is 5.69 Å². The number of hydrogen-bond acceptors (Lipinski definition) is 4. The quantitative estimate of drug-likeness (QED) is 0.763. The second-order valence-corrected chi connectivity index (χ2v) is 7.70. The molecule has 2 N–H and O–H groups in total. The maximum Gasteiger partial charge on any atom is 0.173 e. The van der Waals surface area contributed by atoms with Gasteiger partial charge in [-0.25, -0.2) is 0 Å². The molecule has 1 saturated heterocycles. The minimum atomic E-state index is -0.267. The van der Waals surface area contributed by atoms with Crippen LogP contribution in [-0.4, -0.2) is 35.8 Å². The van der Waals surface area contributed by atoms with E-state index in [0.29, 0.717) is 5.11 Å². The molecule has 2 aliphatic heterocycles. The molecule has 0 radical (unpaired) electrons. The fourth-order valence-corrected chi connectivity index (χ4v) is 3.92. The van der Waals surface area contributed by atoms with Crippen LogP contribution in [0.3, 0.4) is 0 Å². The summed E-state index contributed by atoms with van der Waals surface area (Å²) in [6.45, 7) is 3.76. The Morgan fingerprint density at radius 3 is 2.57 bits per heavy atom. The summed E-state index contributed by atoms with van der Waals surface area (Å²) in [5.74, 6) is 0.785. The van der Waals surface area contributed by atoms with Crippen molar-refractivity contribution in [1.29, 1.82) is 0 Å². The molecule has 1 fully saturated rings. The van der Waals surface area contributed by atoms with Gasteiger partial charge in [-0.15, -0.1) is 0 Å². The van der Waals surface area contributed by atoms with E-state index in [4.69, 9.17) is 21.8 Å². The first kappa shape index (κ1) is 18.8. The van der Waals surface area contributed by atoms with Gasteiger partial charge in [0.2, 0.25) is 0 Å². The highest BCUT2D eigenvalue weighted by molar-refractivity contribution is 7.80. The largest absolute Gasteiger partial charge is 0.495 e. The molecule has 0 amide bonds. The Bertz CT molecular complexity index is 887. The Labute approximate surface area is 171 Å². The maximum atomic E-state index is 6.01. The van der Waals surface area contributed by atoms with Crippen LogP contribution >= 0.6 is 12.2 Å². The van der Waals surface area contributed by atoms with Gasteiger partial charge in [0.15, 0.2) is 5.11 Å². The molecule has 146 valence electrons. The molecule has 0 bridgehead atoms. The fourth-order valence-electron chi connectivity index (χ4n) is 3.63. The number of aryl methyl sites for hydroxylation is 1. The number of rotatable bonds is 3. The lowest BCUT2D eigenvalue weighted by atomic mass is 9.90. The zero-order valence-electron chi connectivity index (χ0n) is 16.2. The Hall–Kier alpha value is -2.57. The Morgan fingerprint density at radius 1 is 1.14 bits per heavy atom. The first-order valence-corrected chi connectivity index (χ1v) is 9.92. The Kier molecular flexibility index (Phi) is 5.24. The van der Waals surface area contributed by atoms with Crippen LogP contribution in [0.15, 0.2) is 54.6 Å². The number of anilines is 1. The van der Waals surface area contributed by atoms with Crippen LogP contribution in [-0.2, 0) is 4.84 Å². The molecule has 0 aliphatic carbocycles. The highest BCUT2D eigenvalue weighted by atomic mass is 32.1. The highest BCUT2D eigenvalue weighted by Crippen LogP contribution is 2.35. The number of hydroxylamine groups is 1. The van der Waals surface area contributed by atoms with Crippen molar-refractivity contribution < 1.29 is 9.57 Å². The van der Waals surface area contributed by atoms with Crippen molar-refractivity contribution in [2.24, 2.45) is 0 Å². The van der Waals surface area contributed by atoms with Gasteiger partial charge in [-0.3, -0.25) is 10.3 Å². The number of methoxy groups -OCH3 is 1. The summed E-state index contributed by atoms with van der Waals surface area (Å²) in [7, 11) is 1.66.